The van der Waals surface area contributed by atoms with E-state index >= 15 is 0 Å². The van der Waals surface area contributed by atoms with E-state index in [0.29, 0.717) is 6.42 Å². The summed E-state index contributed by atoms with van der Waals surface area (Å²) in [7, 11) is 0. The van der Waals surface area contributed by atoms with Gasteiger partial charge in [-0.1, -0.05) is 19.9 Å². The number of carbonyl (C=O) groups is 2. The molecule has 0 spiro atoms. The summed E-state index contributed by atoms with van der Waals surface area (Å²) in [6, 6.07) is 4.32. The van der Waals surface area contributed by atoms with Gasteiger partial charge in [-0.2, -0.15) is 13.2 Å². The highest BCUT2D eigenvalue weighted by Crippen LogP contribution is 2.30. The molecule has 1 atom stereocenters. The Hall–Kier alpha value is -2.45. The summed E-state index contributed by atoms with van der Waals surface area (Å²) < 4.78 is 42.9. The monoisotopic (exact) mass is 389 g/mol. The first kappa shape index (κ1) is 22.6. The van der Waals surface area contributed by atoms with E-state index in [0.717, 1.165) is 12.1 Å². The van der Waals surface area contributed by atoms with Gasteiger partial charge in [-0.05, 0) is 37.5 Å². The van der Waals surface area contributed by atoms with E-state index in [1.807, 2.05) is 13.8 Å². The maximum Gasteiger partial charge on any atom is 0.416 e. The minimum atomic E-state index is -4.44. The minimum absolute atomic E-state index is 0.185. The van der Waals surface area contributed by atoms with Crippen LogP contribution in [0.5, 0.6) is 0 Å². The number of carbonyl (C=O) groups excluding carboxylic acids is 2. The normalized spacial score (nSPS) is 12.4. The molecule has 0 fully saturated rings. The van der Waals surface area contributed by atoms with Crippen LogP contribution in [0.15, 0.2) is 24.3 Å². The van der Waals surface area contributed by atoms with Crippen molar-refractivity contribution in [1.82, 2.24) is 10.6 Å². The number of nitrogens with one attached hydrogen (secondary N) is 3. The molecule has 1 unspecified atom stereocenters. The number of amides is 2. The average Bonchev–Trinajstić information content (AvgIpc) is 2.57. The van der Waals surface area contributed by atoms with Crippen LogP contribution in [0.4, 0.5) is 23.7 Å². The quantitative estimate of drug-likeness (QED) is 0.605. The first-order valence-corrected chi connectivity index (χ1v) is 8.73. The second-order valence-corrected chi connectivity index (χ2v) is 6.43. The predicted octanol–water partition coefficient (Wildman–Crippen LogP) is 3.39. The van der Waals surface area contributed by atoms with Gasteiger partial charge in [0.25, 0.3) is 0 Å². The van der Waals surface area contributed by atoms with Crippen LogP contribution < -0.4 is 16.0 Å². The molecule has 152 valence electrons. The Kier molecular flexibility index (Phi) is 8.90. The van der Waals surface area contributed by atoms with E-state index in [4.69, 9.17) is 4.74 Å². The van der Waals surface area contributed by atoms with Crippen molar-refractivity contribution in [2.75, 3.05) is 25.0 Å². The fourth-order valence-electron chi connectivity index (χ4n) is 2.39. The standard InChI is InChI=1S/C18H26F3N3O3/c1-4-27-17(26)24-15(8-12(2)3)10-23-16(25)11-22-14-7-5-6-13(9-14)18(19,20)21/h5-7,9,12,15,22H,4,8,10-11H2,1-3H3,(H,23,25)(H,24,26). The number of hydrogen-bond acceptors (Lipinski definition) is 4. The van der Waals surface area contributed by atoms with Gasteiger partial charge in [0.05, 0.1) is 18.7 Å². The molecule has 0 aliphatic carbocycles. The molecule has 6 nitrogen and oxygen atoms in total. The Morgan fingerprint density at radius 3 is 2.52 bits per heavy atom. The van der Waals surface area contributed by atoms with Crippen molar-refractivity contribution in [3.63, 3.8) is 0 Å². The van der Waals surface area contributed by atoms with Crippen molar-refractivity contribution in [3.8, 4) is 0 Å². The van der Waals surface area contributed by atoms with Crippen LogP contribution in [0, 0.1) is 5.92 Å². The van der Waals surface area contributed by atoms with Gasteiger partial charge in [0, 0.05) is 18.3 Å². The summed E-state index contributed by atoms with van der Waals surface area (Å²) in [4.78, 5) is 23.5. The highest BCUT2D eigenvalue weighted by atomic mass is 19.4. The van der Waals surface area contributed by atoms with Crippen LogP contribution >= 0.6 is 0 Å². The first-order valence-electron chi connectivity index (χ1n) is 8.73. The van der Waals surface area contributed by atoms with Gasteiger partial charge in [0.1, 0.15) is 0 Å². The number of benzene rings is 1. The number of alkyl halides is 3. The van der Waals surface area contributed by atoms with Crippen molar-refractivity contribution in [2.24, 2.45) is 5.92 Å². The fourth-order valence-corrected chi connectivity index (χ4v) is 2.39. The van der Waals surface area contributed by atoms with Crippen molar-refractivity contribution >= 4 is 17.7 Å². The molecule has 0 aliphatic rings. The Morgan fingerprint density at radius 2 is 1.93 bits per heavy atom. The van der Waals surface area contributed by atoms with Crippen molar-refractivity contribution in [2.45, 2.75) is 39.4 Å². The Morgan fingerprint density at radius 1 is 1.22 bits per heavy atom. The molecule has 3 N–H and O–H groups in total. The number of hydrogen-bond donors (Lipinski definition) is 3. The van der Waals surface area contributed by atoms with Gasteiger partial charge in [0.15, 0.2) is 0 Å². The zero-order chi connectivity index (χ0) is 20.4. The third-order valence-corrected chi connectivity index (χ3v) is 3.54. The molecular weight excluding hydrogens is 363 g/mol. The molecule has 27 heavy (non-hydrogen) atoms. The zero-order valence-electron chi connectivity index (χ0n) is 15.7. The summed E-state index contributed by atoms with van der Waals surface area (Å²) >= 11 is 0. The largest absolute Gasteiger partial charge is 0.450 e. The average molecular weight is 389 g/mol. The molecule has 0 aliphatic heterocycles. The molecule has 0 saturated carbocycles. The molecule has 2 amide bonds. The van der Waals surface area contributed by atoms with Crippen molar-refractivity contribution < 1.29 is 27.5 Å². The third kappa shape index (κ3) is 9.16. The number of anilines is 1. The summed E-state index contributed by atoms with van der Waals surface area (Å²) in [5, 5.41) is 8.00. The minimum Gasteiger partial charge on any atom is -0.450 e. The SMILES string of the molecule is CCOC(=O)NC(CNC(=O)CNc1cccc(C(F)(F)F)c1)CC(C)C. The molecule has 0 radical (unpaired) electrons. The van der Waals surface area contributed by atoms with Gasteiger partial charge >= 0.3 is 12.3 Å². The van der Waals surface area contributed by atoms with Crippen LogP contribution in [0.25, 0.3) is 0 Å². The second kappa shape index (κ2) is 10.6. The fraction of sp³-hybridized carbons (Fsp3) is 0.556. The van der Waals surface area contributed by atoms with Crippen LogP contribution in [0.2, 0.25) is 0 Å². The molecule has 1 rings (SSSR count). The Balaban J connectivity index is 2.51. The number of rotatable bonds is 9. The van der Waals surface area contributed by atoms with Crippen molar-refractivity contribution in [1.29, 1.82) is 0 Å². The smallest absolute Gasteiger partial charge is 0.416 e. The second-order valence-electron chi connectivity index (χ2n) is 6.43. The lowest BCUT2D eigenvalue weighted by Crippen LogP contribution is -2.45. The topological polar surface area (TPSA) is 79.5 Å². The molecule has 9 heteroatoms. The van der Waals surface area contributed by atoms with Gasteiger partial charge in [0.2, 0.25) is 5.91 Å². The maximum atomic E-state index is 12.7. The van der Waals surface area contributed by atoms with Gasteiger partial charge in [-0.25, -0.2) is 4.79 Å². The van der Waals surface area contributed by atoms with E-state index in [9.17, 15) is 22.8 Å². The third-order valence-electron chi connectivity index (χ3n) is 3.54. The lowest BCUT2D eigenvalue weighted by Gasteiger charge is -2.21. The number of halogens is 3. The molecule has 0 heterocycles. The Bertz CT molecular complexity index is 621. The molecular formula is C18H26F3N3O3. The zero-order valence-corrected chi connectivity index (χ0v) is 15.7. The van der Waals surface area contributed by atoms with Crippen LogP contribution in [0.1, 0.15) is 32.8 Å². The molecule has 1 aromatic carbocycles. The van der Waals surface area contributed by atoms with Gasteiger partial charge in [-0.15, -0.1) is 0 Å². The maximum absolute atomic E-state index is 12.7. The lowest BCUT2D eigenvalue weighted by molar-refractivity contribution is -0.137. The molecule has 0 saturated heterocycles. The van der Waals surface area contributed by atoms with E-state index in [1.54, 1.807) is 6.92 Å². The predicted molar refractivity (Wildman–Crippen MR) is 96.3 cm³/mol. The highest BCUT2D eigenvalue weighted by Gasteiger charge is 2.30. The summed E-state index contributed by atoms with van der Waals surface area (Å²) in [6.45, 7) is 5.91. The molecule has 0 aromatic heterocycles. The van der Waals surface area contributed by atoms with Crippen LogP contribution in [0.3, 0.4) is 0 Å². The summed E-state index contributed by atoms with van der Waals surface area (Å²) in [6.07, 6.45) is -4.36. The lowest BCUT2D eigenvalue weighted by atomic mass is 10.0. The summed E-state index contributed by atoms with van der Waals surface area (Å²) in [5.41, 5.74) is -0.591. The van der Waals surface area contributed by atoms with Crippen molar-refractivity contribution in [3.05, 3.63) is 29.8 Å². The number of ether oxygens (including phenoxy) is 1. The van der Waals surface area contributed by atoms with Gasteiger partial charge in [-0.3, -0.25) is 4.79 Å². The van der Waals surface area contributed by atoms with Gasteiger partial charge < -0.3 is 20.7 Å². The van der Waals surface area contributed by atoms with Crippen LogP contribution in [-0.2, 0) is 15.7 Å². The van der Waals surface area contributed by atoms with E-state index in [2.05, 4.69) is 16.0 Å². The van der Waals surface area contributed by atoms with E-state index in [1.165, 1.54) is 12.1 Å². The first-order chi connectivity index (χ1) is 12.6. The van der Waals surface area contributed by atoms with E-state index in [-0.39, 0.29) is 37.3 Å². The molecule has 0 bridgehead atoms. The number of alkyl carbamates (subject to hydrolysis) is 1. The summed E-state index contributed by atoms with van der Waals surface area (Å²) in [5.74, 6) is -0.108. The Labute approximate surface area is 156 Å². The van der Waals surface area contributed by atoms with E-state index < -0.39 is 23.7 Å². The molecule has 1 aromatic rings. The highest BCUT2D eigenvalue weighted by molar-refractivity contribution is 5.80. The van der Waals surface area contributed by atoms with Crippen LogP contribution in [-0.4, -0.2) is 37.7 Å².